The van der Waals surface area contributed by atoms with Crippen LogP contribution in [0.15, 0.2) is 30.4 Å². The smallest absolute Gasteiger partial charge is 0.311 e. The lowest BCUT2D eigenvalue weighted by molar-refractivity contribution is -0.154. The third-order valence-corrected chi connectivity index (χ3v) is 6.45. The predicted octanol–water partition coefficient (Wildman–Crippen LogP) is 3.76. The van der Waals surface area contributed by atoms with Crippen LogP contribution in [0.4, 0.5) is 5.69 Å². The zero-order valence-corrected chi connectivity index (χ0v) is 23.6. The minimum Gasteiger partial charge on any atom is -0.460 e. The van der Waals surface area contributed by atoms with Crippen LogP contribution in [-0.4, -0.2) is 47.1 Å². The molecule has 2 rings (SSSR count). The van der Waals surface area contributed by atoms with E-state index < -0.39 is 41.6 Å². The lowest BCUT2D eigenvalue weighted by Gasteiger charge is -2.28. The third-order valence-electron chi connectivity index (χ3n) is 6.45. The summed E-state index contributed by atoms with van der Waals surface area (Å²) in [6, 6.07) is 5.03. The summed E-state index contributed by atoms with van der Waals surface area (Å²) in [5.74, 6) is -2.80. The Morgan fingerprint density at radius 2 is 1.63 bits per heavy atom. The summed E-state index contributed by atoms with van der Waals surface area (Å²) in [7, 11) is 0. The van der Waals surface area contributed by atoms with Crippen LogP contribution < -0.4 is 10.6 Å². The number of amides is 4. The van der Waals surface area contributed by atoms with Gasteiger partial charge in [-0.1, -0.05) is 40.2 Å². The van der Waals surface area contributed by atoms with Gasteiger partial charge in [0.2, 0.25) is 11.8 Å². The van der Waals surface area contributed by atoms with E-state index in [1.807, 2.05) is 46.8 Å². The van der Waals surface area contributed by atoms with Gasteiger partial charge < -0.3 is 15.4 Å². The number of hydrogen-bond acceptors (Lipinski definition) is 6. The second-order valence-electron chi connectivity index (χ2n) is 11.1. The number of aryl methyl sites for hydroxylation is 1. The standard InChI is InChI=1S/C29H41N3O6/c1-8-9-10-20-15-22(12-11-21(20)17-38-28(37)29(5,6)7)30-27(36)19(4)26(18(2)3)31-23(33)16-32-24(34)13-14-25(32)35/h11-15,18-19,26H,8-10,16-17H2,1-7H3,(H,30,36)(H,31,33)/t19-,26+/m1/s1. The number of benzene rings is 1. The van der Waals surface area contributed by atoms with E-state index in [9.17, 15) is 24.0 Å². The fourth-order valence-corrected chi connectivity index (χ4v) is 4.05. The van der Waals surface area contributed by atoms with Gasteiger partial charge in [0.25, 0.3) is 11.8 Å². The van der Waals surface area contributed by atoms with E-state index in [4.69, 9.17) is 4.74 Å². The second-order valence-corrected chi connectivity index (χ2v) is 11.1. The highest BCUT2D eigenvalue weighted by atomic mass is 16.5. The summed E-state index contributed by atoms with van der Waals surface area (Å²) in [6.45, 7) is 12.8. The molecule has 1 aliphatic heterocycles. The maximum absolute atomic E-state index is 13.2. The molecule has 0 aromatic heterocycles. The van der Waals surface area contributed by atoms with Crippen molar-refractivity contribution in [1.29, 1.82) is 0 Å². The predicted molar refractivity (Wildman–Crippen MR) is 145 cm³/mol. The maximum atomic E-state index is 13.2. The molecule has 0 saturated carbocycles. The molecular weight excluding hydrogens is 486 g/mol. The van der Waals surface area contributed by atoms with Gasteiger partial charge in [0.15, 0.2) is 0 Å². The van der Waals surface area contributed by atoms with E-state index in [2.05, 4.69) is 17.6 Å². The zero-order valence-electron chi connectivity index (χ0n) is 23.6. The first-order valence-electron chi connectivity index (χ1n) is 13.2. The number of anilines is 1. The van der Waals surface area contributed by atoms with Crippen molar-refractivity contribution in [2.45, 2.75) is 80.4 Å². The van der Waals surface area contributed by atoms with Crippen LogP contribution in [0.25, 0.3) is 0 Å². The first-order valence-corrected chi connectivity index (χ1v) is 13.2. The molecule has 0 radical (unpaired) electrons. The lowest BCUT2D eigenvalue weighted by atomic mass is 9.90. The molecule has 1 aliphatic rings. The number of esters is 1. The summed E-state index contributed by atoms with van der Waals surface area (Å²) in [5.41, 5.74) is 1.93. The van der Waals surface area contributed by atoms with Crippen molar-refractivity contribution in [3.8, 4) is 0 Å². The molecule has 1 aromatic carbocycles. The second kappa shape index (κ2) is 13.3. The van der Waals surface area contributed by atoms with Crippen molar-refractivity contribution in [3.05, 3.63) is 41.5 Å². The quantitative estimate of drug-likeness (QED) is 0.315. The minimum atomic E-state index is -0.591. The summed E-state index contributed by atoms with van der Waals surface area (Å²) < 4.78 is 5.51. The molecule has 0 saturated heterocycles. The van der Waals surface area contributed by atoms with E-state index in [0.29, 0.717) is 5.69 Å². The Morgan fingerprint density at radius 3 is 2.18 bits per heavy atom. The summed E-state index contributed by atoms with van der Waals surface area (Å²) in [5, 5.41) is 5.76. The first-order chi connectivity index (χ1) is 17.7. The van der Waals surface area contributed by atoms with Crippen molar-refractivity contribution in [2.75, 3.05) is 11.9 Å². The van der Waals surface area contributed by atoms with Gasteiger partial charge >= 0.3 is 5.97 Å². The largest absolute Gasteiger partial charge is 0.460 e. The number of ether oxygens (including phenoxy) is 1. The van der Waals surface area contributed by atoms with Gasteiger partial charge in [-0.2, -0.15) is 0 Å². The van der Waals surface area contributed by atoms with Crippen LogP contribution in [0.3, 0.4) is 0 Å². The van der Waals surface area contributed by atoms with Gasteiger partial charge in [0.1, 0.15) is 13.2 Å². The number of nitrogens with one attached hydrogen (secondary N) is 2. The molecule has 4 amide bonds. The summed E-state index contributed by atoms with van der Waals surface area (Å²) >= 11 is 0. The van der Waals surface area contributed by atoms with Crippen LogP contribution in [0.5, 0.6) is 0 Å². The van der Waals surface area contributed by atoms with Crippen molar-refractivity contribution >= 4 is 35.3 Å². The Labute approximate surface area is 225 Å². The highest BCUT2D eigenvalue weighted by Crippen LogP contribution is 2.23. The van der Waals surface area contributed by atoms with E-state index >= 15 is 0 Å². The van der Waals surface area contributed by atoms with Crippen LogP contribution in [0, 0.1) is 17.3 Å². The van der Waals surface area contributed by atoms with Gasteiger partial charge in [0, 0.05) is 23.9 Å². The fourth-order valence-electron chi connectivity index (χ4n) is 4.05. The van der Waals surface area contributed by atoms with E-state index in [-0.39, 0.29) is 24.4 Å². The van der Waals surface area contributed by atoms with Crippen LogP contribution >= 0.6 is 0 Å². The first kappa shape index (κ1) is 30.7. The molecular formula is C29H41N3O6. The van der Waals surface area contributed by atoms with Crippen LogP contribution in [0.1, 0.15) is 72.4 Å². The van der Waals surface area contributed by atoms with Gasteiger partial charge in [-0.15, -0.1) is 0 Å². The minimum absolute atomic E-state index is 0.0807. The molecule has 2 atom stereocenters. The molecule has 9 heteroatoms. The van der Waals surface area contributed by atoms with Gasteiger partial charge in [-0.3, -0.25) is 28.9 Å². The molecule has 0 spiro atoms. The highest BCUT2D eigenvalue weighted by Gasteiger charge is 2.31. The van der Waals surface area contributed by atoms with Crippen molar-refractivity contribution in [1.82, 2.24) is 10.2 Å². The summed E-state index contributed by atoms with van der Waals surface area (Å²) in [6.07, 6.45) is 4.98. The highest BCUT2D eigenvalue weighted by molar-refractivity contribution is 6.14. The Bertz CT molecular complexity index is 1070. The molecule has 0 aliphatic carbocycles. The Morgan fingerprint density at radius 1 is 1.00 bits per heavy atom. The van der Waals surface area contributed by atoms with Gasteiger partial charge in [0.05, 0.1) is 11.3 Å². The topological polar surface area (TPSA) is 122 Å². The molecule has 0 unspecified atom stereocenters. The number of carbonyl (C=O) groups is 5. The molecule has 0 fully saturated rings. The Balaban J connectivity index is 2.10. The van der Waals surface area contributed by atoms with Crippen LogP contribution in [-0.2, 0) is 41.7 Å². The number of nitrogens with zero attached hydrogens (tertiary/aromatic N) is 1. The van der Waals surface area contributed by atoms with Crippen LogP contribution in [0.2, 0.25) is 0 Å². The van der Waals surface area contributed by atoms with E-state index in [1.165, 1.54) is 0 Å². The maximum Gasteiger partial charge on any atom is 0.311 e. The van der Waals surface area contributed by atoms with Crippen molar-refractivity contribution in [2.24, 2.45) is 17.3 Å². The molecule has 1 heterocycles. The molecule has 208 valence electrons. The fraction of sp³-hybridized carbons (Fsp3) is 0.552. The zero-order chi connectivity index (χ0) is 28.6. The third kappa shape index (κ3) is 8.53. The Hall–Kier alpha value is -3.49. The number of imide groups is 1. The molecule has 1 aromatic rings. The normalized spacial score (nSPS) is 15.0. The van der Waals surface area contributed by atoms with Crippen molar-refractivity contribution < 1.29 is 28.7 Å². The molecule has 9 nitrogen and oxygen atoms in total. The van der Waals surface area contributed by atoms with E-state index in [0.717, 1.165) is 47.4 Å². The van der Waals surface area contributed by atoms with Gasteiger partial charge in [-0.25, -0.2) is 0 Å². The Kier molecular flexibility index (Phi) is 10.8. The molecule has 38 heavy (non-hydrogen) atoms. The molecule has 0 bridgehead atoms. The monoisotopic (exact) mass is 527 g/mol. The average molecular weight is 528 g/mol. The summed E-state index contributed by atoms with van der Waals surface area (Å²) in [4.78, 5) is 62.4. The lowest BCUT2D eigenvalue weighted by Crippen LogP contribution is -2.50. The number of rotatable bonds is 12. The average Bonchev–Trinajstić information content (AvgIpc) is 3.15. The van der Waals surface area contributed by atoms with Gasteiger partial charge in [-0.05, 0) is 62.8 Å². The number of hydrogen-bond donors (Lipinski definition) is 2. The number of unbranched alkanes of at least 4 members (excludes halogenated alkanes) is 1. The number of carbonyl (C=O) groups excluding carboxylic acids is 5. The van der Waals surface area contributed by atoms with E-state index in [1.54, 1.807) is 13.0 Å². The SMILES string of the molecule is CCCCc1cc(NC(=O)[C@H](C)[C@@H](NC(=O)CN2C(=O)C=CC2=O)C(C)C)ccc1COC(=O)C(C)(C)C. The molecule has 2 N–H and O–H groups in total. The van der Waals surface area contributed by atoms with Crippen molar-refractivity contribution in [3.63, 3.8) is 0 Å².